The van der Waals surface area contributed by atoms with Crippen LogP contribution in [-0.4, -0.2) is 34.6 Å². The van der Waals surface area contributed by atoms with Crippen LogP contribution in [-0.2, 0) is 9.59 Å². The highest BCUT2D eigenvalue weighted by molar-refractivity contribution is 5.91. The van der Waals surface area contributed by atoms with Crippen molar-refractivity contribution in [2.24, 2.45) is 5.10 Å². The van der Waals surface area contributed by atoms with E-state index in [4.69, 9.17) is 0 Å². The SMILES string of the molecule is O=C(CNC(=O)C(c1ccccc1)c1ccccc1)NN=Cc1ccc(O)c([N+](=O)[O-])c1. The molecule has 0 aliphatic heterocycles. The number of amides is 2. The van der Waals surface area contributed by atoms with Crippen LogP contribution in [0.4, 0.5) is 5.69 Å². The summed E-state index contributed by atoms with van der Waals surface area (Å²) in [6.45, 7) is -0.304. The Morgan fingerprint density at radius 1 is 1.00 bits per heavy atom. The lowest BCUT2D eigenvalue weighted by Gasteiger charge is -2.17. The second-order valence-corrected chi connectivity index (χ2v) is 6.77. The summed E-state index contributed by atoms with van der Waals surface area (Å²) in [6, 6.07) is 22.2. The molecule has 0 radical (unpaired) electrons. The van der Waals surface area contributed by atoms with Gasteiger partial charge in [-0.2, -0.15) is 5.10 Å². The Bertz CT molecular complexity index is 1090. The van der Waals surface area contributed by atoms with E-state index in [9.17, 15) is 24.8 Å². The van der Waals surface area contributed by atoms with E-state index in [2.05, 4.69) is 15.8 Å². The summed E-state index contributed by atoms with van der Waals surface area (Å²) in [6.07, 6.45) is 1.20. The normalized spacial score (nSPS) is 10.8. The van der Waals surface area contributed by atoms with Crippen molar-refractivity contribution in [1.82, 2.24) is 10.7 Å². The quantitative estimate of drug-likeness (QED) is 0.286. The van der Waals surface area contributed by atoms with Gasteiger partial charge in [-0.3, -0.25) is 19.7 Å². The molecule has 3 N–H and O–H groups in total. The van der Waals surface area contributed by atoms with Crippen LogP contribution in [0.2, 0.25) is 0 Å². The zero-order chi connectivity index (χ0) is 22.9. The molecule has 0 saturated carbocycles. The number of nitro benzene ring substituents is 1. The molecule has 9 heteroatoms. The number of hydrazone groups is 1. The minimum atomic E-state index is -0.726. The van der Waals surface area contributed by atoms with Gasteiger partial charge in [-0.05, 0) is 23.3 Å². The monoisotopic (exact) mass is 432 g/mol. The largest absolute Gasteiger partial charge is 0.502 e. The van der Waals surface area contributed by atoms with Gasteiger partial charge >= 0.3 is 5.69 Å². The van der Waals surface area contributed by atoms with Crippen LogP contribution in [0.3, 0.4) is 0 Å². The maximum atomic E-state index is 12.9. The highest BCUT2D eigenvalue weighted by Crippen LogP contribution is 2.26. The minimum Gasteiger partial charge on any atom is -0.502 e. The summed E-state index contributed by atoms with van der Waals surface area (Å²) in [5.74, 6) is -1.95. The van der Waals surface area contributed by atoms with Crippen molar-refractivity contribution in [3.8, 4) is 5.75 Å². The molecule has 32 heavy (non-hydrogen) atoms. The Labute approximate surface area is 183 Å². The number of carbonyl (C=O) groups is 2. The Morgan fingerprint density at radius 2 is 1.59 bits per heavy atom. The van der Waals surface area contributed by atoms with Gasteiger partial charge in [-0.1, -0.05) is 60.7 Å². The van der Waals surface area contributed by atoms with Crippen molar-refractivity contribution in [3.05, 3.63) is 106 Å². The number of phenols is 1. The van der Waals surface area contributed by atoms with Gasteiger partial charge in [0, 0.05) is 11.6 Å². The van der Waals surface area contributed by atoms with E-state index in [0.29, 0.717) is 5.56 Å². The lowest BCUT2D eigenvalue weighted by molar-refractivity contribution is -0.385. The first-order valence-electron chi connectivity index (χ1n) is 9.62. The van der Waals surface area contributed by atoms with Gasteiger partial charge in [-0.25, -0.2) is 5.43 Å². The van der Waals surface area contributed by atoms with Gasteiger partial charge in [0.25, 0.3) is 5.91 Å². The summed E-state index contributed by atoms with van der Waals surface area (Å²) in [7, 11) is 0. The van der Waals surface area contributed by atoms with Gasteiger partial charge < -0.3 is 10.4 Å². The van der Waals surface area contributed by atoms with E-state index >= 15 is 0 Å². The molecular formula is C23H20N4O5. The summed E-state index contributed by atoms with van der Waals surface area (Å²) in [5, 5.41) is 26.7. The number of benzene rings is 3. The summed E-state index contributed by atoms with van der Waals surface area (Å²) >= 11 is 0. The van der Waals surface area contributed by atoms with Gasteiger partial charge in [0.15, 0.2) is 5.75 Å². The number of hydrogen-bond acceptors (Lipinski definition) is 6. The molecule has 0 aliphatic carbocycles. The maximum absolute atomic E-state index is 12.9. The molecule has 0 saturated heterocycles. The number of carbonyl (C=O) groups excluding carboxylic acids is 2. The molecule has 0 aliphatic rings. The molecule has 3 aromatic rings. The molecule has 0 heterocycles. The Hall–Kier alpha value is -4.53. The first kappa shape index (κ1) is 22.2. The maximum Gasteiger partial charge on any atom is 0.311 e. The number of rotatable bonds is 8. The first-order valence-corrected chi connectivity index (χ1v) is 9.62. The van der Waals surface area contributed by atoms with E-state index in [1.807, 2.05) is 60.7 Å². The van der Waals surface area contributed by atoms with Crippen LogP contribution in [0.25, 0.3) is 0 Å². The molecule has 162 valence electrons. The smallest absolute Gasteiger partial charge is 0.311 e. The van der Waals surface area contributed by atoms with Crippen molar-refractivity contribution in [2.75, 3.05) is 6.54 Å². The lowest BCUT2D eigenvalue weighted by atomic mass is 9.90. The van der Waals surface area contributed by atoms with Gasteiger partial charge in [0.05, 0.1) is 23.6 Å². The van der Waals surface area contributed by atoms with Crippen LogP contribution in [0.5, 0.6) is 5.75 Å². The molecule has 0 spiro atoms. The number of phenolic OH excluding ortho intramolecular Hbond substituents is 1. The van der Waals surface area contributed by atoms with Gasteiger partial charge in [0.2, 0.25) is 5.91 Å². The third-order valence-corrected chi connectivity index (χ3v) is 4.55. The van der Waals surface area contributed by atoms with Crippen molar-refractivity contribution < 1.29 is 19.6 Å². The molecule has 0 fully saturated rings. The van der Waals surface area contributed by atoms with Crippen LogP contribution in [0.1, 0.15) is 22.6 Å². The molecule has 0 atom stereocenters. The van der Waals surface area contributed by atoms with Crippen LogP contribution < -0.4 is 10.7 Å². The Balaban J connectivity index is 1.61. The number of nitro groups is 1. The predicted molar refractivity (Wildman–Crippen MR) is 118 cm³/mol. The molecule has 0 bridgehead atoms. The van der Waals surface area contributed by atoms with E-state index in [1.54, 1.807) is 0 Å². The fraction of sp³-hybridized carbons (Fsp3) is 0.0870. The zero-order valence-electron chi connectivity index (χ0n) is 16.8. The molecule has 3 rings (SSSR count). The molecule has 9 nitrogen and oxygen atoms in total. The van der Waals surface area contributed by atoms with E-state index in [1.165, 1.54) is 12.3 Å². The highest BCUT2D eigenvalue weighted by atomic mass is 16.6. The molecule has 0 aromatic heterocycles. The third kappa shape index (κ3) is 5.76. The zero-order valence-corrected chi connectivity index (χ0v) is 16.8. The predicted octanol–water partition coefficient (Wildman–Crippen LogP) is 2.70. The average Bonchev–Trinajstić information content (AvgIpc) is 2.80. The Kier molecular flexibility index (Phi) is 7.26. The lowest BCUT2D eigenvalue weighted by Crippen LogP contribution is -2.37. The van der Waals surface area contributed by atoms with Crippen molar-refractivity contribution in [2.45, 2.75) is 5.92 Å². The number of nitrogens with one attached hydrogen (secondary N) is 2. The van der Waals surface area contributed by atoms with E-state index in [-0.39, 0.29) is 12.5 Å². The third-order valence-electron chi connectivity index (χ3n) is 4.55. The number of aromatic hydroxyl groups is 1. The molecular weight excluding hydrogens is 412 g/mol. The second kappa shape index (κ2) is 10.5. The summed E-state index contributed by atoms with van der Waals surface area (Å²) in [4.78, 5) is 35.1. The first-order chi connectivity index (χ1) is 15.5. The number of hydrogen-bond donors (Lipinski definition) is 3. The van der Waals surface area contributed by atoms with Gasteiger partial charge in [-0.15, -0.1) is 0 Å². The fourth-order valence-electron chi connectivity index (χ4n) is 3.04. The van der Waals surface area contributed by atoms with Crippen molar-refractivity contribution in [3.63, 3.8) is 0 Å². The second-order valence-electron chi connectivity index (χ2n) is 6.77. The van der Waals surface area contributed by atoms with E-state index < -0.39 is 28.2 Å². The molecule has 3 aromatic carbocycles. The standard InChI is InChI=1S/C23H20N4O5/c28-20-12-11-16(13-19(20)27(31)32)14-25-26-21(29)15-24-23(30)22(17-7-3-1-4-8-17)18-9-5-2-6-10-18/h1-14,22,28H,15H2,(H,24,30)(H,26,29). The van der Waals surface area contributed by atoms with Crippen LogP contribution in [0, 0.1) is 10.1 Å². The Morgan fingerprint density at radius 3 is 2.16 bits per heavy atom. The van der Waals surface area contributed by atoms with Gasteiger partial charge in [0.1, 0.15) is 0 Å². The number of nitrogens with zero attached hydrogens (tertiary/aromatic N) is 2. The minimum absolute atomic E-state index is 0.304. The van der Waals surface area contributed by atoms with Crippen LogP contribution in [0.15, 0.2) is 84.0 Å². The van der Waals surface area contributed by atoms with Crippen molar-refractivity contribution >= 4 is 23.7 Å². The molecule has 0 unspecified atom stereocenters. The molecule has 2 amide bonds. The summed E-state index contributed by atoms with van der Waals surface area (Å²) in [5.41, 5.74) is 3.68. The average molecular weight is 432 g/mol. The fourth-order valence-corrected chi connectivity index (χ4v) is 3.04. The van der Waals surface area contributed by atoms with Crippen molar-refractivity contribution in [1.29, 1.82) is 0 Å². The topological polar surface area (TPSA) is 134 Å². The highest BCUT2D eigenvalue weighted by Gasteiger charge is 2.22. The van der Waals surface area contributed by atoms with E-state index in [0.717, 1.165) is 23.3 Å². The van der Waals surface area contributed by atoms with Crippen LogP contribution >= 0.6 is 0 Å². The summed E-state index contributed by atoms with van der Waals surface area (Å²) < 4.78 is 0.